The van der Waals surface area contributed by atoms with Gasteiger partial charge in [0.1, 0.15) is 5.82 Å². The van der Waals surface area contributed by atoms with E-state index in [0.717, 1.165) is 5.82 Å². The summed E-state index contributed by atoms with van der Waals surface area (Å²) in [6, 6.07) is 0. The Hall–Kier alpha value is -1.89. The van der Waals surface area contributed by atoms with Gasteiger partial charge in [-0.2, -0.15) is 0 Å². The monoisotopic (exact) mass is 279 g/mol. The van der Waals surface area contributed by atoms with Crippen LogP contribution in [0.5, 0.6) is 0 Å². The van der Waals surface area contributed by atoms with E-state index in [1.807, 2.05) is 20.9 Å². The van der Waals surface area contributed by atoms with Gasteiger partial charge in [0, 0.05) is 26.6 Å². The fourth-order valence-electron chi connectivity index (χ4n) is 2.42. The molecule has 7 heteroatoms. The summed E-state index contributed by atoms with van der Waals surface area (Å²) in [5.74, 6) is 0.975. The van der Waals surface area contributed by atoms with Gasteiger partial charge in [0.05, 0.1) is 0 Å². The number of fused-ring (bicyclic) bond motifs is 1. The lowest BCUT2D eigenvalue weighted by Crippen LogP contribution is -2.40. The van der Waals surface area contributed by atoms with Gasteiger partial charge in [-0.15, -0.1) is 0 Å². The van der Waals surface area contributed by atoms with E-state index in [1.165, 1.54) is 9.13 Å². The van der Waals surface area contributed by atoms with Crippen LogP contribution in [-0.4, -0.2) is 25.2 Å². The molecule has 0 saturated carbocycles. The molecule has 20 heavy (non-hydrogen) atoms. The molecule has 0 aliphatic heterocycles. The number of nitrogens with zero attached hydrogens (tertiary/aromatic N) is 4. The van der Waals surface area contributed by atoms with Gasteiger partial charge in [-0.3, -0.25) is 13.9 Å². The van der Waals surface area contributed by atoms with Gasteiger partial charge in [0.15, 0.2) is 11.2 Å². The van der Waals surface area contributed by atoms with Crippen LogP contribution in [0.2, 0.25) is 0 Å². The van der Waals surface area contributed by atoms with Gasteiger partial charge in [-0.05, 0) is 13.0 Å². The zero-order chi connectivity index (χ0) is 15.0. The highest BCUT2D eigenvalue weighted by atomic mass is 16.2. The molecule has 7 nitrogen and oxygen atoms in total. The molecule has 0 amide bonds. The Balaban J connectivity index is 2.84. The van der Waals surface area contributed by atoms with E-state index in [4.69, 9.17) is 5.73 Å². The maximum atomic E-state index is 12.5. The molecule has 0 unspecified atom stereocenters. The summed E-state index contributed by atoms with van der Waals surface area (Å²) < 4.78 is 4.45. The van der Waals surface area contributed by atoms with Crippen LogP contribution >= 0.6 is 0 Å². The molecule has 0 spiro atoms. The predicted molar refractivity (Wildman–Crippen MR) is 78.0 cm³/mol. The Morgan fingerprint density at radius 1 is 1.20 bits per heavy atom. The van der Waals surface area contributed by atoms with E-state index in [-0.39, 0.29) is 17.2 Å². The first-order valence-corrected chi connectivity index (χ1v) is 6.76. The standard InChI is InChI=1S/C13H21N5O2/c1-8(2)10-15-11-9(16(10)3)12(19)18(7-5-6-14)13(20)17(11)4/h8H,5-7,14H2,1-4H3. The van der Waals surface area contributed by atoms with Crippen molar-refractivity contribution in [3.8, 4) is 0 Å². The van der Waals surface area contributed by atoms with E-state index in [0.29, 0.717) is 30.7 Å². The summed E-state index contributed by atoms with van der Waals surface area (Å²) in [7, 11) is 3.45. The average Bonchev–Trinajstić information content (AvgIpc) is 2.74. The van der Waals surface area contributed by atoms with E-state index in [1.54, 1.807) is 11.6 Å². The average molecular weight is 279 g/mol. The number of hydrogen-bond acceptors (Lipinski definition) is 4. The van der Waals surface area contributed by atoms with Crippen LogP contribution in [0.4, 0.5) is 0 Å². The van der Waals surface area contributed by atoms with Crippen LogP contribution in [-0.2, 0) is 20.6 Å². The third kappa shape index (κ3) is 2.07. The molecule has 2 N–H and O–H groups in total. The van der Waals surface area contributed by atoms with Crippen molar-refractivity contribution >= 4 is 11.2 Å². The molecule has 0 bridgehead atoms. The van der Waals surface area contributed by atoms with Crippen molar-refractivity contribution in [1.82, 2.24) is 18.7 Å². The van der Waals surface area contributed by atoms with Gasteiger partial charge < -0.3 is 10.3 Å². The number of rotatable bonds is 4. The molecule has 0 aromatic carbocycles. The first-order chi connectivity index (χ1) is 9.40. The number of nitrogens with two attached hydrogens (primary N) is 1. The molecular weight excluding hydrogens is 258 g/mol. The molecule has 2 heterocycles. The van der Waals surface area contributed by atoms with Crippen molar-refractivity contribution in [2.45, 2.75) is 32.7 Å². The second kappa shape index (κ2) is 5.24. The van der Waals surface area contributed by atoms with Crippen molar-refractivity contribution in [3.63, 3.8) is 0 Å². The molecule has 0 atom stereocenters. The van der Waals surface area contributed by atoms with Crippen LogP contribution < -0.4 is 17.0 Å². The topological polar surface area (TPSA) is 87.8 Å². The smallest absolute Gasteiger partial charge is 0.330 e. The summed E-state index contributed by atoms with van der Waals surface area (Å²) in [6.07, 6.45) is 0.593. The highest BCUT2D eigenvalue weighted by Gasteiger charge is 2.19. The lowest BCUT2D eigenvalue weighted by molar-refractivity contribution is 0.576. The zero-order valence-corrected chi connectivity index (χ0v) is 12.4. The first kappa shape index (κ1) is 14.5. The number of aromatic nitrogens is 4. The predicted octanol–water partition coefficient (Wildman–Crippen LogP) is -0.0941. The molecule has 0 aliphatic carbocycles. The van der Waals surface area contributed by atoms with Gasteiger partial charge in [-0.1, -0.05) is 13.8 Å². The summed E-state index contributed by atoms with van der Waals surface area (Å²) in [4.78, 5) is 29.2. The Labute approximate surface area is 116 Å². The Kier molecular flexibility index (Phi) is 3.80. The van der Waals surface area contributed by atoms with Crippen molar-refractivity contribution in [2.24, 2.45) is 19.8 Å². The number of aryl methyl sites for hydroxylation is 2. The molecule has 0 fully saturated rings. The van der Waals surface area contributed by atoms with Crippen LogP contribution in [0, 0.1) is 0 Å². The Morgan fingerprint density at radius 2 is 1.85 bits per heavy atom. The normalized spacial score (nSPS) is 11.7. The third-order valence-electron chi connectivity index (χ3n) is 3.50. The summed E-state index contributed by atoms with van der Waals surface area (Å²) in [5, 5.41) is 0. The van der Waals surface area contributed by atoms with E-state index in [9.17, 15) is 9.59 Å². The van der Waals surface area contributed by atoms with Crippen LogP contribution in [0.25, 0.3) is 11.2 Å². The molecular formula is C13H21N5O2. The van der Waals surface area contributed by atoms with Crippen LogP contribution in [0.3, 0.4) is 0 Å². The van der Waals surface area contributed by atoms with Gasteiger partial charge in [-0.25, -0.2) is 9.78 Å². The minimum absolute atomic E-state index is 0.180. The summed E-state index contributed by atoms with van der Waals surface area (Å²) in [6.45, 7) is 4.79. The van der Waals surface area contributed by atoms with Crippen molar-refractivity contribution in [2.75, 3.05) is 6.54 Å². The molecule has 0 aliphatic rings. The van der Waals surface area contributed by atoms with Gasteiger partial charge >= 0.3 is 5.69 Å². The Morgan fingerprint density at radius 3 is 2.40 bits per heavy atom. The fraction of sp³-hybridized carbons (Fsp3) is 0.615. The van der Waals surface area contributed by atoms with Crippen LogP contribution in [0.1, 0.15) is 32.0 Å². The van der Waals surface area contributed by atoms with E-state index in [2.05, 4.69) is 4.98 Å². The minimum atomic E-state index is -0.343. The molecule has 0 saturated heterocycles. The van der Waals surface area contributed by atoms with Gasteiger partial charge in [0.2, 0.25) is 0 Å². The number of hydrogen-bond donors (Lipinski definition) is 1. The van der Waals surface area contributed by atoms with Crippen molar-refractivity contribution in [3.05, 3.63) is 26.7 Å². The molecule has 2 aromatic rings. The van der Waals surface area contributed by atoms with Gasteiger partial charge in [0.25, 0.3) is 5.56 Å². The maximum absolute atomic E-state index is 12.5. The molecule has 110 valence electrons. The van der Waals surface area contributed by atoms with Crippen LogP contribution in [0.15, 0.2) is 9.59 Å². The molecule has 2 rings (SSSR count). The zero-order valence-electron chi connectivity index (χ0n) is 12.4. The largest absolute Gasteiger partial charge is 0.332 e. The first-order valence-electron chi connectivity index (χ1n) is 6.76. The maximum Gasteiger partial charge on any atom is 0.332 e. The summed E-state index contributed by atoms with van der Waals surface area (Å²) in [5.41, 5.74) is 5.73. The highest BCUT2D eigenvalue weighted by Crippen LogP contribution is 2.16. The van der Waals surface area contributed by atoms with Crippen molar-refractivity contribution < 1.29 is 0 Å². The summed E-state index contributed by atoms with van der Waals surface area (Å²) >= 11 is 0. The molecule has 0 radical (unpaired) electrons. The second-order valence-electron chi connectivity index (χ2n) is 5.30. The number of imidazole rings is 1. The van der Waals surface area contributed by atoms with E-state index >= 15 is 0 Å². The third-order valence-corrected chi connectivity index (χ3v) is 3.50. The fourth-order valence-corrected chi connectivity index (χ4v) is 2.42. The van der Waals surface area contributed by atoms with Crippen molar-refractivity contribution in [1.29, 1.82) is 0 Å². The minimum Gasteiger partial charge on any atom is -0.330 e. The molecule has 2 aromatic heterocycles. The lowest BCUT2D eigenvalue weighted by atomic mass is 10.2. The highest BCUT2D eigenvalue weighted by molar-refractivity contribution is 5.71. The lowest BCUT2D eigenvalue weighted by Gasteiger charge is -2.08. The quantitative estimate of drug-likeness (QED) is 0.847. The van der Waals surface area contributed by atoms with E-state index < -0.39 is 0 Å². The Bertz CT molecular complexity index is 751. The SMILES string of the molecule is CC(C)c1nc2c(c(=O)n(CCCN)c(=O)n2C)n1C. The second-order valence-corrected chi connectivity index (χ2v) is 5.30.